The lowest BCUT2D eigenvalue weighted by molar-refractivity contribution is -0.146. The highest BCUT2D eigenvalue weighted by Gasteiger charge is 2.32. The van der Waals surface area contributed by atoms with E-state index in [9.17, 15) is 14.4 Å². The number of aromatic nitrogens is 2. The van der Waals surface area contributed by atoms with Crippen LogP contribution < -0.4 is 20.9 Å². The smallest absolute Gasteiger partial charge is 0.332 e. The van der Waals surface area contributed by atoms with Gasteiger partial charge in [-0.25, -0.2) is 4.79 Å². The van der Waals surface area contributed by atoms with Gasteiger partial charge in [-0.1, -0.05) is 36.4 Å². The van der Waals surface area contributed by atoms with Crippen LogP contribution in [0.3, 0.4) is 0 Å². The molecule has 3 heterocycles. The summed E-state index contributed by atoms with van der Waals surface area (Å²) in [5, 5.41) is 0. The summed E-state index contributed by atoms with van der Waals surface area (Å²) in [6.45, 7) is 7.79. The highest BCUT2D eigenvalue weighted by Crippen LogP contribution is 2.39. The summed E-state index contributed by atoms with van der Waals surface area (Å²) in [6, 6.07) is 15.9. The molecule has 0 unspecified atom stereocenters. The number of hydrogen-bond acceptors (Lipinski definition) is 7. The number of nitrogens with zero attached hydrogens (tertiary/aromatic N) is 4. The van der Waals surface area contributed by atoms with Crippen molar-refractivity contribution in [3.05, 3.63) is 97.7 Å². The molecule has 0 atom stereocenters. The number of carbonyl (C=O) groups is 1. The van der Waals surface area contributed by atoms with Gasteiger partial charge in [0.15, 0.2) is 0 Å². The van der Waals surface area contributed by atoms with Crippen LogP contribution in [-0.2, 0) is 35.6 Å². The molecule has 0 spiro atoms. The van der Waals surface area contributed by atoms with Gasteiger partial charge in [0.1, 0.15) is 18.2 Å². The summed E-state index contributed by atoms with van der Waals surface area (Å²) in [6.07, 6.45) is 5.17. The third-order valence-corrected chi connectivity index (χ3v) is 9.25. The van der Waals surface area contributed by atoms with Crippen molar-refractivity contribution in [2.45, 2.75) is 45.1 Å². The lowest BCUT2D eigenvalue weighted by Crippen LogP contribution is -2.43. The predicted octanol–water partition coefficient (Wildman–Crippen LogP) is 4.10. The number of esters is 1. The van der Waals surface area contributed by atoms with Gasteiger partial charge in [0, 0.05) is 51.9 Å². The molecule has 0 bridgehead atoms. The maximum Gasteiger partial charge on any atom is 0.332 e. The van der Waals surface area contributed by atoms with Crippen LogP contribution >= 0.6 is 0 Å². The van der Waals surface area contributed by atoms with Crippen molar-refractivity contribution in [3.8, 4) is 5.75 Å². The van der Waals surface area contributed by atoms with Crippen molar-refractivity contribution < 1.29 is 14.3 Å². The maximum atomic E-state index is 12.6. The average molecular weight is 601 g/mol. The number of piperidine rings is 1. The maximum absolute atomic E-state index is 12.6. The van der Waals surface area contributed by atoms with E-state index in [4.69, 9.17) is 9.47 Å². The Morgan fingerprint density at radius 3 is 2.50 bits per heavy atom. The molecule has 2 aliphatic heterocycles. The van der Waals surface area contributed by atoms with Crippen LogP contribution in [0.1, 0.15) is 55.4 Å². The molecule has 1 aromatic heterocycles. The summed E-state index contributed by atoms with van der Waals surface area (Å²) in [5.41, 5.74) is 3.93. The molecule has 9 heteroatoms. The van der Waals surface area contributed by atoms with E-state index in [0.717, 1.165) is 83.6 Å². The van der Waals surface area contributed by atoms with Gasteiger partial charge < -0.3 is 19.3 Å². The van der Waals surface area contributed by atoms with Crippen LogP contribution in [0, 0.1) is 5.92 Å². The van der Waals surface area contributed by atoms with E-state index >= 15 is 0 Å². The molecule has 0 amide bonds. The van der Waals surface area contributed by atoms with E-state index in [2.05, 4.69) is 47.2 Å². The number of carbonyl (C=O) groups excluding carboxylic acids is 1. The molecule has 2 aromatic carbocycles. The summed E-state index contributed by atoms with van der Waals surface area (Å²) in [4.78, 5) is 41.8. The molecular formula is C35H44N4O5. The SMILES string of the molecule is COC(=O)C(C)(C)c1ccc2c(c1)C(=CCCN(C)CC1CCN(c3cc(=O)n(C)c(=O)n3C)CC1)c1ccccc1CO2. The summed E-state index contributed by atoms with van der Waals surface area (Å²) >= 11 is 0. The molecule has 2 aliphatic rings. The van der Waals surface area contributed by atoms with Gasteiger partial charge in [-0.15, -0.1) is 0 Å². The first kappa shape index (κ1) is 31.3. The number of methoxy groups -OCH3 is 1. The van der Waals surface area contributed by atoms with Crippen LogP contribution in [0.4, 0.5) is 5.82 Å². The standard InChI is InChI=1S/C35H44N4O5/c1-35(2,33(41)43-6)26-13-14-30-29(20-26)28(27-11-8-7-10-25(27)23-44-30)12-9-17-36(3)22-24-15-18-39(19-16-24)31-21-32(40)38(5)34(42)37(31)4/h7-8,10-14,20-21,24H,9,15-19,22-23H2,1-6H3. The number of fused-ring (bicyclic) bond motifs is 2. The molecule has 0 radical (unpaired) electrons. The zero-order valence-electron chi connectivity index (χ0n) is 26.8. The number of benzene rings is 2. The van der Waals surface area contributed by atoms with Gasteiger partial charge in [0.2, 0.25) is 0 Å². The van der Waals surface area contributed by atoms with Crippen molar-refractivity contribution in [3.63, 3.8) is 0 Å². The number of anilines is 1. The first-order valence-corrected chi connectivity index (χ1v) is 15.4. The number of ether oxygens (including phenoxy) is 2. The Hall–Kier alpha value is -4.11. The van der Waals surface area contributed by atoms with E-state index in [1.807, 2.05) is 32.0 Å². The third-order valence-electron chi connectivity index (χ3n) is 9.25. The fourth-order valence-corrected chi connectivity index (χ4v) is 6.39. The van der Waals surface area contributed by atoms with Crippen molar-refractivity contribution in [1.29, 1.82) is 0 Å². The minimum Gasteiger partial charge on any atom is -0.488 e. The third kappa shape index (κ3) is 6.24. The van der Waals surface area contributed by atoms with Crippen molar-refractivity contribution in [1.82, 2.24) is 14.0 Å². The summed E-state index contributed by atoms with van der Waals surface area (Å²) in [7, 11) is 6.83. The highest BCUT2D eigenvalue weighted by molar-refractivity contribution is 5.87. The summed E-state index contributed by atoms with van der Waals surface area (Å²) < 4.78 is 14.1. The molecule has 0 N–H and O–H groups in total. The number of hydrogen-bond donors (Lipinski definition) is 0. The molecular weight excluding hydrogens is 556 g/mol. The Balaban J connectivity index is 1.28. The first-order valence-electron chi connectivity index (χ1n) is 15.4. The molecule has 3 aromatic rings. The monoisotopic (exact) mass is 600 g/mol. The summed E-state index contributed by atoms with van der Waals surface area (Å²) in [5.74, 6) is 1.78. The van der Waals surface area contributed by atoms with Gasteiger partial charge in [0.05, 0.1) is 12.5 Å². The quantitative estimate of drug-likeness (QED) is 0.360. The Kier molecular flexibility index (Phi) is 9.15. The van der Waals surface area contributed by atoms with Crippen molar-refractivity contribution in [2.24, 2.45) is 20.0 Å². The molecule has 1 saturated heterocycles. The van der Waals surface area contributed by atoms with E-state index in [0.29, 0.717) is 18.3 Å². The van der Waals surface area contributed by atoms with Crippen LogP contribution in [-0.4, -0.2) is 60.3 Å². The predicted molar refractivity (Wildman–Crippen MR) is 173 cm³/mol. The van der Waals surface area contributed by atoms with Crippen LogP contribution in [0.25, 0.3) is 5.57 Å². The Morgan fingerprint density at radius 1 is 1.05 bits per heavy atom. The fraction of sp³-hybridized carbons (Fsp3) is 0.457. The van der Waals surface area contributed by atoms with Gasteiger partial charge >= 0.3 is 11.7 Å². The second-order valence-electron chi connectivity index (χ2n) is 12.6. The lowest BCUT2D eigenvalue weighted by atomic mass is 9.82. The second-order valence-corrected chi connectivity index (χ2v) is 12.6. The highest BCUT2D eigenvalue weighted by atomic mass is 16.5. The largest absolute Gasteiger partial charge is 0.488 e. The van der Waals surface area contributed by atoms with E-state index in [1.165, 1.54) is 14.2 Å². The molecule has 234 valence electrons. The molecule has 44 heavy (non-hydrogen) atoms. The van der Waals surface area contributed by atoms with Gasteiger partial charge in [-0.3, -0.25) is 18.7 Å². The van der Waals surface area contributed by atoms with Gasteiger partial charge in [-0.2, -0.15) is 0 Å². The fourth-order valence-electron chi connectivity index (χ4n) is 6.39. The zero-order chi connectivity index (χ0) is 31.6. The molecule has 9 nitrogen and oxygen atoms in total. The molecule has 0 aliphatic carbocycles. The van der Waals surface area contributed by atoms with Crippen LogP contribution in [0.5, 0.6) is 5.75 Å². The van der Waals surface area contributed by atoms with Gasteiger partial charge in [0.25, 0.3) is 5.56 Å². The van der Waals surface area contributed by atoms with Crippen molar-refractivity contribution in [2.75, 3.05) is 45.2 Å². The molecule has 1 fully saturated rings. The normalized spacial score (nSPS) is 16.3. The first-order chi connectivity index (χ1) is 21.0. The van der Waals surface area contributed by atoms with E-state index in [-0.39, 0.29) is 17.2 Å². The number of rotatable bonds is 8. The van der Waals surface area contributed by atoms with E-state index in [1.54, 1.807) is 17.7 Å². The minimum atomic E-state index is -0.791. The average Bonchev–Trinajstić information content (AvgIpc) is 3.18. The van der Waals surface area contributed by atoms with Crippen LogP contribution in [0.15, 0.2) is 64.2 Å². The Morgan fingerprint density at radius 2 is 1.77 bits per heavy atom. The van der Waals surface area contributed by atoms with Gasteiger partial charge in [-0.05, 0) is 80.5 Å². The Labute approximate surface area is 259 Å². The Bertz CT molecular complexity index is 1680. The zero-order valence-corrected chi connectivity index (χ0v) is 26.8. The van der Waals surface area contributed by atoms with Crippen molar-refractivity contribution >= 4 is 17.4 Å². The lowest BCUT2D eigenvalue weighted by Gasteiger charge is -2.35. The minimum absolute atomic E-state index is 0.270. The topological polar surface area (TPSA) is 86.0 Å². The second kappa shape index (κ2) is 12.9. The molecule has 5 rings (SSSR count). The van der Waals surface area contributed by atoms with E-state index < -0.39 is 5.41 Å². The molecule has 0 saturated carbocycles. The van der Waals surface area contributed by atoms with Crippen LogP contribution in [0.2, 0.25) is 0 Å².